The molecule has 0 saturated heterocycles. The molecule has 0 aliphatic heterocycles. The predicted molar refractivity (Wildman–Crippen MR) is 73.5 cm³/mol. The standard InChI is InChI=1S/C16H14O2/c1-18-15-9-10-16(13-6-3-2-4-7-13)14(12-15)8-5-11-17/h2-12H,1H3. The summed E-state index contributed by atoms with van der Waals surface area (Å²) >= 11 is 0. The van der Waals surface area contributed by atoms with Crippen LogP contribution in [0.15, 0.2) is 54.6 Å². The maximum absolute atomic E-state index is 10.5. The van der Waals surface area contributed by atoms with E-state index in [1.807, 2.05) is 48.5 Å². The number of allylic oxidation sites excluding steroid dienone is 1. The molecule has 2 heteroatoms. The lowest BCUT2D eigenvalue weighted by Crippen LogP contribution is -1.87. The van der Waals surface area contributed by atoms with Gasteiger partial charge in [-0.05, 0) is 34.9 Å². The Bertz CT molecular complexity index is 557. The third kappa shape index (κ3) is 2.66. The Kier molecular flexibility index (Phi) is 3.92. The topological polar surface area (TPSA) is 26.3 Å². The molecule has 2 aromatic rings. The van der Waals surface area contributed by atoms with Crippen molar-refractivity contribution in [3.8, 4) is 16.9 Å². The van der Waals surface area contributed by atoms with E-state index in [9.17, 15) is 4.79 Å². The van der Waals surface area contributed by atoms with Crippen molar-refractivity contribution < 1.29 is 9.53 Å². The van der Waals surface area contributed by atoms with Crippen LogP contribution in [0, 0.1) is 0 Å². The molecule has 0 heterocycles. The van der Waals surface area contributed by atoms with Crippen LogP contribution in [0.2, 0.25) is 0 Å². The van der Waals surface area contributed by atoms with Gasteiger partial charge in [0.15, 0.2) is 0 Å². The number of methoxy groups -OCH3 is 1. The van der Waals surface area contributed by atoms with Crippen LogP contribution in [0.1, 0.15) is 5.56 Å². The van der Waals surface area contributed by atoms with E-state index in [2.05, 4.69) is 0 Å². The molecule has 0 unspecified atom stereocenters. The molecule has 0 amide bonds. The van der Waals surface area contributed by atoms with E-state index in [4.69, 9.17) is 4.74 Å². The second-order valence-electron chi connectivity index (χ2n) is 3.81. The van der Waals surface area contributed by atoms with Crippen molar-refractivity contribution in [2.24, 2.45) is 0 Å². The van der Waals surface area contributed by atoms with Crippen LogP contribution in [0.5, 0.6) is 5.75 Å². The summed E-state index contributed by atoms with van der Waals surface area (Å²) in [4.78, 5) is 10.5. The number of rotatable bonds is 4. The molecular weight excluding hydrogens is 224 g/mol. The van der Waals surface area contributed by atoms with Crippen molar-refractivity contribution in [3.63, 3.8) is 0 Å². The van der Waals surface area contributed by atoms with E-state index in [1.165, 1.54) is 6.08 Å². The van der Waals surface area contributed by atoms with E-state index >= 15 is 0 Å². The molecule has 0 N–H and O–H groups in total. The average Bonchev–Trinajstić information content (AvgIpc) is 2.45. The Labute approximate surface area is 107 Å². The molecule has 0 radical (unpaired) electrons. The van der Waals surface area contributed by atoms with Crippen LogP contribution in [0.25, 0.3) is 17.2 Å². The zero-order chi connectivity index (χ0) is 12.8. The molecule has 2 nitrogen and oxygen atoms in total. The molecule has 2 aromatic carbocycles. The number of hydrogen-bond donors (Lipinski definition) is 0. The van der Waals surface area contributed by atoms with Crippen LogP contribution in [0.3, 0.4) is 0 Å². The van der Waals surface area contributed by atoms with Gasteiger partial charge in [0.05, 0.1) is 7.11 Å². The highest BCUT2D eigenvalue weighted by Gasteiger charge is 2.04. The minimum Gasteiger partial charge on any atom is -0.497 e. The van der Waals surface area contributed by atoms with Crippen LogP contribution < -0.4 is 4.74 Å². The molecule has 18 heavy (non-hydrogen) atoms. The molecule has 90 valence electrons. The van der Waals surface area contributed by atoms with Gasteiger partial charge < -0.3 is 4.74 Å². The summed E-state index contributed by atoms with van der Waals surface area (Å²) in [5.41, 5.74) is 3.16. The fourth-order valence-electron chi connectivity index (χ4n) is 1.83. The van der Waals surface area contributed by atoms with E-state index in [0.717, 1.165) is 28.7 Å². The molecule has 2 rings (SSSR count). The molecule has 0 atom stereocenters. The fraction of sp³-hybridized carbons (Fsp3) is 0.0625. The maximum Gasteiger partial charge on any atom is 0.142 e. The summed E-state index contributed by atoms with van der Waals surface area (Å²) < 4.78 is 5.20. The monoisotopic (exact) mass is 238 g/mol. The minimum absolute atomic E-state index is 0.772. The molecule has 0 aliphatic rings. The Morgan fingerprint density at radius 2 is 1.83 bits per heavy atom. The van der Waals surface area contributed by atoms with Crippen molar-refractivity contribution in [2.75, 3.05) is 7.11 Å². The third-order valence-corrected chi connectivity index (χ3v) is 2.70. The Balaban J connectivity index is 2.52. The summed E-state index contributed by atoms with van der Waals surface area (Å²) in [7, 11) is 1.63. The largest absolute Gasteiger partial charge is 0.497 e. The molecule has 0 aliphatic carbocycles. The number of carbonyl (C=O) groups is 1. The van der Waals surface area contributed by atoms with Gasteiger partial charge >= 0.3 is 0 Å². The van der Waals surface area contributed by atoms with Gasteiger partial charge in [-0.25, -0.2) is 0 Å². The Morgan fingerprint density at radius 1 is 1.06 bits per heavy atom. The first kappa shape index (κ1) is 12.1. The summed E-state index contributed by atoms with van der Waals surface area (Å²) in [6.45, 7) is 0. The van der Waals surface area contributed by atoms with Crippen molar-refractivity contribution >= 4 is 12.4 Å². The zero-order valence-corrected chi connectivity index (χ0v) is 10.2. The number of aldehydes is 1. The molecule has 0 saturated carbocycles. The SMILES string of the molecule is COc1ccc(-c2ccccc2)c(C=CC=O)c1. The first-order valence-corrected chi connectivity index (χ1v) is 5.70. The van der Waals surface area contributed by atoms with Gasteiger partial charge in [0.25, 0.3) is 0 Å². The summed E-state index contributed by atoms with van der Waals surface area (Å²) in [5.74, 6) is 0.778. The number of carbonyl (C=O) groups excluding carboxylic acids is 1. The van der Waals surface area contributed by atoms with Gasteiger partial charge in [-0.15, -0.1) is 0 Å². The van der Waals surface area contributed by atoms with Gasteiger partial charge in [0.2, 0.25) is 0 Å². The van der Waals surface area contributed by atoms with Crippen molar-refractivity contribution in [2.45, 2.75) is 0 Å². The second kappa shape index (κ2) is 5.82. The quantitative estimate of drug-likeness (QED) is 0.601. The summed E-state index contributed by atoms with van der Waals surface area (Å²) in [6.07, 6.45) is 4.05. The Morgan fingerprint density at radius 3 is 2.50 bits per heavy atom. The molecule has 0 fully saturated rings. The number of benzene rings is 2. The highest BCUT2D eigenvalue weighted by Crippen LogP contribution is 2.28. The predicted octanol–water partition coefficient (Wildman–Crippen LogP) is 3.57. The summed E-state index contributed by atoms with van der Waals surface area (Å²) in [6, 6.07) is 15.9. The lowest BCUT2D eigenvalue weighted by Gasteiger charge is -2.08. The zero-order valence-electron chi connectivity index (χ0n) is 10.2. The van der Waals surface area contributed by atoms with E-state index < -0.39 is 0 Å². The number of hydrogen-bond acceptors (Lipinski definition) is 2. The molecule has 0 bridgehead atoms. The summed E-state index contributed by atoms with van der Waals surface area (Å²) in [5, 5.41) is 0. The average molecular weight is 238 g/mol. The van der Waals surface area contributed by atoms with Crippen molar-refractivity contribution in [3.05, 3.63) is 60.2 Å². The minimum atomic E-state index is 0.772. The van der Waals surface area contributed by atoms with Crippen LogP contribution in [0.4, 0.5) is 0 Å². The van der Waals surface area contributed by atoms with Gasteiger partial charge in [0, 0.05) is 0 Å². The van der Waals surface area contributed by atoms with E-state index in [-0.39, 0.29) is 0 Å². The van der Waals surface area contributed by atoms with Crippen molar-refractivity contribution in [1.82, 2.24) is 0 Å². The van der Waals surface area contributed by atoms with Gasteiger partial charge in [-0.3, -0.25) is 4.79 Å². The molecule has 0 spiro atoms. The lowest BCUT2D eigenvalue weighted by molar-refractivity contribution is -0.104. The van der Waals surface area contributed by atoms with Gasteiger partial charge in [-0.2, -0.15) is 0 Å². The number of ether oxygens (including phenoxy) is 1. The van der Waals surface area contributed by atoms with Crippen LogP contribution in [-0.4, -0.2) is 13.4 Å². The normalized spacial score (nSPS) is 10.5. The van der Waals surface area contributed by atoms with Crippen molar-refractivity contribution in [1.29, 1.82) is 0 Å². The van der Waals surface area contributed by atoms with Gasteiger partial charge in [0.1, 0.15) is 12.0 Å². The Hall–Kier alpha value is -2.35. The van der Waals surface area contributed by atoms with Crippen LogP contribution in [-0.2, 0) is 4.79 Å². The second-order valence-corrected chi connectivity index (χ2v) is 3.81. The maximum atomic E-state index is 10.5. The first-order chi connectivity index (χ1) is 8.85. The molecular formula is C16H14O2. The van der Waals surface area contributed by atoms with Gasteiger partial charge in [-0.1, -0.05) is 42.5 Å². The first-order valence-electron chi connectivity index (χ1n) is 5.70. The fourth-order valence-corrected chi connectivity index (χ4v) is 1.83. The lowest BCUT2D eigenvalue weighted by atomic mass is 9.99. The van der Waals surface area contributed by atoms with Crippen LogP contribution >= 0.6 is 0 Å². The third-order valence-electron chi connectivity index (χ3n) is 2.70. The highest BCUT2D eigenvalue weighted by molar-refractivity contribution is 5.81. The molecule has 0 aromatic heterocycles. The van der Waals surface area contributed by atoms with E-state index in [0.29, 0.717) is 0 Å². The van der Waals surface area contributed by atoms with E-state index in [1.54, 1.807) is 13.2 Å². The highest BCUT2D eigenvalue weighted by atomic mass is 16.5. The smallest absolute Gasteiger partial charge is 0.142 e.